The number of nitrogen functional groups attached to an aromatic ring is 2. The second-order valence-electron chi connectivity index (χ2n) is 2.96. The maximum atomic E-state index is 5.72. The van der Waals surface area contributed by atoms with E-state index >= 15 is 0 Å². The van der Waals surface area contributed by atoms with E-state index in [4.69, 9.17) is 11.5 Å². The molecule has 2 heterocycles. The molecule has 5 nitrogen and oxygen atoms in total. The molecule has 0 aromatic carbocycles. The van der Waals surface area contributed by atoms with Crippen LogP contribution in [0.3, 0.4) is 0 Å². The molecular weight excluding hydrogens is 166 g/mol. The molecule has 0 saturated heterocycles. The van der Waals surface area contributed by atoms with E-state index in [1.165, 1.54) is 0 Å². The van der Waals surface area contributed by atoms with Gasteiger partial charge in [0.15, 0.2) is 0 Å². The molecule has 0 saturated carbocycles. The Hall–Kier alpha value is -1.78. The van der Waals surface area contributed by atoms with Crippen molar-refractivity contribution >= 4 is 17.9 Å². The Morgan fingerprint density at radius 3 is 2.85 bits per heavy atom. The smallest absolute Gasteiger partial charge is 0.129 e. The number of anilines is 2. The quantitative estimate of drug-likeness (QED) is 0.559. The lowest BCUT2D eigenvalue weighted by Gasteiger charge is -2.08. The molecule has 0 bridgehead atoms. The van der Waals surface area contributed by atoms with Crippen LogP contribution >= 0.6 is 0 Å². The highest BCUT2D eigenvalue weighted by Gasteiger charge is 2.16. The van der Waals surface area contributed by atoms with E-state index in [0.29, 0.717) is 11.6 Å². The molecule has 1 aromatic rings. The lowest BCUT2D eigenvalue weighted by molar-refractivity contribution is 0.764. The molecule has 68 valence electrons. The lowest BCUT2D eigenvalue weighted by atomic mass is 10.0. The Balaban J connectivity index is 2.34. The van der Waals surface area contributed by atoms with Gasteiger partial charge in [0.05, 0.1) is 0 Å². The Morgan fingerprint density at radius 2 is 2.23 bits per heavy atom. The van der Waals surface area contributed by atoms with Crippen molar-refractivity contribution in [3.8, 4) is 0 Å². The summed E-state index contributed by atoms with van der Waals surface area (Å²) in [6, 6.07) is 3.64. The first-order valence-electron chi connectivity index (χ1n) is 4.05. The fourth-order valence-corrected chi connectivity index (χ4v) is 1.35. The monoisotopic (exact) mass is 177 g/mol. The molecule has 1 aliphatic rings. The highest BCUT2D eigenvalue weighted by Crippen LogP contribution is 2.21. The summed E-state index contributed by atoms with van der Waals surface area (Å²) in [6.45, 7) is 0.774. The van der Waals surface area contributed by atoms with Crippen LogP contribution in [-0.4, -0.2) is 17.7 Å². The summed E-state index contributed by atoms with van der Waals surface area (Å²) in [5.74, 6) is 1.15. The third-order valence-electron chi connectivity index (χ3n) is 2.04. The van der Waals surface area contributed by atoms with E-state index < -0.39 is 0 Å². The van der Waals surface area contributed by atoms with Gasteiger partial charge in [-0.1, -0.05) is 6.07 Å². The van der Waals surface area contributed by atoms with Gasteiger partial charge in [-0.05, 0) is 6.07 Å². The normalized spacial score (nSPS) is 20.2. The van der Waals surface area contributed by atoms with E-state index in [2.05, 4.69) is 15.5 Å². The number of nitrogens with two attached hydrogens (primary N) is 2. The maximum Gasteiger partial charge on any atom is 0.129 e. The van der Waals surface area contributed by atoms with Crippen LogP contribution in [0.1, 0.15) is 11.5 Å². The first-order chi connectivity index (χ1) is 6.27. The Labute approximate surface area is 75.8 Å². The Kier molecular flexibility index (Phi) is 1.77. The van der Waals surface area contributed by atoms with Gasteiger partial charge in [0.2, 0.25) is 0 Å². The van der Waals surface area contributed by atoms with Gasteiger partial charge in [0, 0.05) is 24.2 Å². The fraction of sp³-hybridized carbons (Fsp3) is 0.250. The number of nitrogens with one attached hydrogen (secondary N) is 1. The number of pyridine rings is 1. The maximum absolute atomic E-state index is 5.72. The first kappa shape index (κ1) is 7.85. The molecule has 2 rings (SSSR count). The van der Waals surface area contributed by atoms with Crippen LogP contribution in [-0.2, 0) is 0 Å². The molecule has 0 aliphatic carbocycles. The second-order valence-corrected chi connectivity index (χ2v) is 2.96. The Bertz CT molecular complexity index is 346. The number of rotatable bonds is 1. The highest BCUT2D eigenvalue weighted by atomic mass is 15.3. The number of nitrogens with zero attached hydrogens (tertiary/aromatic N) is 2. The van der Waals surface area contributed by atoms with Gasteiger partial charge in [-0.2, -0.15) is 5.10 Å². The molecule has 5 heteroatoms. The van der Waals surface area contributed by atoms with E-state index in [1.807, 2.05) is 12.3 Å². The van der Waals surface area contributed by atoms with Crippen molar-refractivity contribution in [1.29, 1.82) is 0 Å². The molecular formula is C8H11N5. The van der Waals surface area contributed by atoms with Gasteiger partial charge in [-0.15, -0.1) is 0 Å². The second kappa shape index (κ2) is 2.93. The average molecular weight is 177 g/mol. The van der Waals surface area contributed by atoms with Crippen molar-refractivity contribution in [2.45, 2.75) is 5.92 Å². The zero-order valence-corrected chi connectivity index (χ0v) is 7.07. The van der Waals surface area contributed by atoms with Crippen molar-refractivity contribution < 1.29 is 0 Å². The van der Waals surface area contributed by atoms with Gasteiger partial charge in [0.25, 0.3) is 0 Å². The van der Waals surface area contributed by atoms with Crippen LogP contribution < -0.4 is 16.9 Å². The van der Waals surface area contributed by atoms with Crippen LogP contribution in [0.25, 0.3) is 0 Å². The minimum absolute atomic E-state index is 0.216. The topological polar surface area (TPSA) is 89.3 Å². The van der Waals surface area contributed by atoms with E-state index in [1.54, 1.807) is 6.07 Å². The summed E-state index contributed by atoms with van der Waals surface area (Å²) in [5.41, 5.74) is 15.0. The first-order valence-corrected chi connectivity index (χ1v) is 4.05. The van der Waals surface area contributed by atoms with Gasteiger partial charge in [-0.25, -0.2) is 4.98 Å². The number of hydrogen-bond acceptors (Lipinski definition) is 5. The number of aromatic nitrogens is 1. The summed E-state index contributed by atoms with van der Waals surface area (Å²) in [4.78, 5) is 3.98. The summed E-state index contributed by atoms with van der Waals surface area (Å²) in [7, 11) is 0. The third kappa shape index (κ3) is 1.40. The lowest BCUT2D eigenvalue weighted by Crippen LogP contribution is -2.11. The van der Waals surface area contributed by atoms with Crippen molar-refractivity contribution in [2.75, 3.05) is 18.0 Å². The molecule has 0 spiro atoms. The number of hydrogen-bond donors (Lipinski definition) is 3. The summed E-state index contributed by atoms with van der Waals surface area (Å²) in [6.07, 6.45) is 1.82. The largest absolute Gasteiger partial charge is 0.384 e. The SMILES string of the molecule is Nc1ccc(C2C=NNC2)c(N)n1. The molecule has 0 amide bonds. The molecule has 1 aromatic heterocycles. The van der Waals surface area contributed by atoms with Gasteiger partial charge < -0.3 is 16.9 Å². The van der Waals surface area contributed by atoms with Crippen molar-refractivity contribution in [2.24, 2.45) is 5.10 Å². The summed E-state index contributed by atoms with van der Waals surface area (Å²) >= 11 is 0. The van der Waals surface area contributed by atoms with Crippen LogP contribution in [0.15, 0.2) is 17.2 Å². The molecule has 1 atom stereocenters. The van der Waals surface area contributed by atoms with E-state index in [-0.39, 0.29) is 5.92 Å². The third-order valence-corrected chi connectivity index (χ3v) is 2.04. The summed E-state index contributed by atoms with van der Waals surface area (Å²) in [5, 5.41) is 3.92. The average Bonchev–Trinajstić information content (AvgIpc) is 2.56. The molecule has 1 aliphatic heterocycles. The van der Waals surface area contributed by atoms with Gasteiger partial charge in [0.1, 0.15) is 11.6 Å². The summed E-state index contributed by atoms with van der Waals surface area (Å²) < 4.78 is 0. The van der Waals surface area contributed by atoms with Crippen molar-refractivity contribution in [1.82, 2.24) is 10.4 Å². The van der Waals surface area contributed by atoms with Crippen LogP contribution in [0.5, 0.6) is 0 Å². The minimum Gasteiger partial charge on any atom is -0.384 e. The molecule has 13 heavy (non-hydrogen) atoms. The molecule has 0 fully saturated rings. The van der Waals surface area contributed by atoms with E-state index in [0.717, 1.165) is 12.1 Å². The minimum atomic E-state index is 0.216. The van der Waals surface area contributed by atoms with Crippen molar-refractivity contribution in [3.05, 3.63) is 17.7 Å². The molecule has 1 unspecified atom stereocenters. The van der Waals surface area contributed by atoms with Crippen molar-refractivity contribution in [3.63, 3.8) is 0 Å². The fourth-order valence-electron chi connectivity index (χ4n) is 1.35. The predicted molar refractivity (Wildman–Crippen MR) is 52.3 cm³/mol. The van der Waals surface area contributed by atoms with Crippen LogP contribution in [0, 0.1) is 0 Å². The van der Waals surface area contributed by atoms with Gasteiger partial charge in [-0.3, -0.25) is 0 Å². The predicted octanol–water partition coefficient (Wildman–Crippen LogP) is -0.0814. The number of hydrazone groups is 1. The molecule has 0 radical (unpaired) electrons. The zero-order valence-electron chi connectivity index (χ0n) is 7.07. The van der Waals surface area contributed by atoms with Crippen LogP contribution in [0.4, 0.5) is 11.6 Å². The van der Waals surface area contributed by atoms with Gasteiger partial charge >= 0.3 is 0 Å². The Morgan fingerprint density at radius 1 is 1.38 bits per heavy atom. The van der Waals surface area contributed by atoms with E-state index in [9.17, 15) is 0 Å². The highest BCUT2D eigenvalue weighted by molar-refractivity contribution is 5.72. The molecule has 5 N–H and O–H groups in total. The standard InChI is InChI=1S/C8H11N5/c9-7-2-1-6(8(10)13-7)5-3-11-12-4-5/h1-3,5,12H,4H2,(H4,9,10,13). The zero-order chi connectivity index (χ0) is 9.26. The van der Waals surface area contributed by atoms with Crippen LogP contribution in [0.2, 0.25) is 0 Å².